The Labute approximate surface area is 129 Å². The van der Waals surface area contributed by atoms with E-state index in [0.29, 0.717) is 11.4 Å². The van der Waals surface area contributed by atoms with Crippen molar-refractivity contribution in [1.82, 2.24) is 4.98 Å². The number of nitrogens with zero attached hydrogens (tertiary/aromatic N) is 1. The van der Waals surface area contributed by atoms with Crippen LogP contribution in [0.4, 0.5) is 0 Å². The minimum Gasteiger partial charge on any atom is -0.388 e. The van der Waals surface area contributed by atoms with Gasteiger partial charge >= 0.3 is 0 Å². The van der Waals surface area contributed by atoms with E-state index < -0.39 is 6.10 Å². The van der Waals surface area contributed by atoms with Crippen LogP contribution in [0.25, 0.3) is 10.9 Å². The molecule has 0 aliphatic rings. The van der Waals surface area contributed by atoms with Crippen LogP contribution in [-0.2, 0) is 6.42 Å². The van der Waals surface area contributed by atoms with E-state index in [-0.39, 0.29) is 0 Å². The summed E-state index contributed by atoms with van der Waals surface area (Å²) in [6, 6.07) is 17.6. The molecule has 0 aliphatic heterocycles. The zero-order valence-corrected chi connectivity index (χ0v) is 12.5. The highest BCUT2D eigenvalue weighted by Gasteiger charge is 2.13. The Kier molecular flexibility index (Phi) is 3.91. The number of pyridine rings is 1. The van der Waals surface area contributed by atoms with Crippen molar-refractivity contribution in [2.24, 2.45) is 0 Å². The van der Waals surface area contributed by atoms with Gasteiger partial charge in [-0.2, -0.15) is 0 Å². The summed E-state index contributed by atoms with van der Waals surface area (Å²) in [4.78, 5) is 4.58. The predicted octanol–water partition coefficient (Wildman–Crippen LogP) is 4.47. The van der Waals surface area contributed by atoms with Gasteiger partial charge in [0.1, 0.15) is 0 Å². The lowest BCUT2D eigenvalue weighted by atomic mass is 10.0. The molecule has 0 bridgehead atoms. The lowest BCUT2D eigenvalue weighted by Crippen LogP contribution is -2.04. The summed E-state index contributed by atoms with van der Waals surface area (Å²) in [7, 11) is 0. The van der Waals surface area contributed by atoms with Crippen LogP contribution in [0.3, 0.4) is 0 Å². The minimum absolute atomic E-state index is 0.452. The molecule has 1 aromatic heterocycles. The van der Waals surface area contributed by atoms with Crippen LogP contribution in [0.5, 0.6) is 0 Å². The van der Waals surface area contributed by atoms with E-state index >= 15 is 0 Å². The number of benzene rings is 2. The Bertz CT molecular complexity index is 785. The molecule has 0 radical (unpaired) electrons. The Morgan fingerprint density at radius 3 is 2.71 bits per heavy atom. The molecule has 0 amide bonds. The SMILES string of the molecule is Cc1ccc(C(O)Cc2ccc3ccccc3n2)c(Cl)c1. The third kappa shape index (κ3) is 3.07. The third-order valence-electron chi connectivity index (χ3n) is 3.57. The second kappa shape index (κ2) is 5.84. The van der Waals surface area contributed by atoms with Gasteiger partial charge in [0.05, 0.1) is 11.6 Å². The van der Waals surface area contributed by atoms with Crippen LogP contribution in [0, 0.1) is 6.92 Å². The maximum absolute atomic E-state index is 10.4. The molecule has 2 aromatic carbocycles. The van der Waals surface area contributed by atoms with Gasteiger partial charge in [0, 0.05) is 22.5 Å². The first-order valence-corrected chi connectivity index (χ1v) is 7.30. The molecule has 3 aromatic rings. The van der Waals surface area contributed by atoms with Crippen molar-refractivity contribution >= 4 is 22.5 Å². The second-order valence-corrected chi connectivity index (χ2v) is 5.65. The number of hydrogen-bond acceptors (Lipinski definition) is 2. The molecule has 1 unspecified atom stereocenters. The van der Waals surface area contributed by atoms with Gasteiger partial charge in [-0.05, 0) is 36.2 Å². The molecule has 0 saturated heterocycles. The smallest absolute Gasteiger partial charge is 0.0859 e. The summed E-state index contributed by atoms with van der Waals surface area (Å²) in [5.74, 6) is 0. The molecule has 0 fully saturated rings. The summed E-state index contributed by atoms with van der Waals surface area (Å²) >= 11 is 6.21. The number of para-hydroxylation sites is 1. The first kappa shape index (κ1) is 14.1. The highest BCUT2D eigenvalue weighted by atomic mass is 35.5. The molecule has 3 rings (SSSR count). The maximum Gasteiger partial charge on any atom is 0.0859 e. The number of aliphatic hydroxyl groups excluding tert-OH is 1. The van der Waals surface area contributed by atoms with Crippen molar-refractivity contribution in [3.63, 3.8) is 0 Å². The van der Waals surface area contributed by atoms with Gasteiger partial charge in [0.2, 0.25) is 0 Å². The standard InChI is InChI=1S/C18H16ClNO/c1-12-6-9-15(16(19)10-12)18(21)11-14-8-7-13-4-2-3-5-17(13)20-14/h2-10,18,21H,11H2,1H3. The summed E-state index contributed by atoms with van der Waals surface area (Å²) in [5.41, 5.74) is 3.63. The van der Waals surface area contributed by atoms with Crippen molar-refractivity contribution in [2.45, 2.75) is 19.4 Å². The van der Waals surface area contributed by atoms with Gasteiger partial charge in [0.25, 0.3) is 0 Å². The summed E-state index contributed by atoms with van der Waals surface area (Å²) in [5, 5.41) is 12.1. The molecular weight excluding hydrogens is 282 g/mol. The topological polar surface area (TPSA) is 33.1 Å². The quantitative estimate of drug-likeness (QED) is 0.773. The van der Waals surface area contributed by atoms with Gasteiger partial charge in [0.15, 0.2) is 0 Å². The average molecular weight is 298 g/mol. The molecule has 106 valence electrons. The number of aromatic nitrogens is 1. The Morgan fingerprint density at radius 1 is 1.10 bits per heavy atom. The fraction of sp³-hybridized carbons (Fsp3) is 0.167. The van der Waals surface area contributed by atoms with Crippen molar-refractivity contribution in [3.05, 3.63) is 76.4 Å². The number of hydrogen-bond donors (Lipinski definition) is 1. The van der Waals surface area contributed by atoms with E-state index in [1.54, 1.807) is 0 Å². The van der Waals surface area contributed by atoms with Gasteiger partial charge in [-0.3, -0.25) is 4.98 Å². The fourth-order valence-corrected chi connectivity index (χ4v) is 2.79. The molecule has 0 spiro atoms. The average Bonchev–Trinajstić information content (AvgIpc) is 2.47. The van der Waals surface area contributed by atoms with Gasteiger partial charge in [-0.1, -0.05) is 48.0 Å². The summed E-state index contributed by atoms with van der Waals surface area (Å²) < 4.78 is 0. The van der Waals surface area contributed by atoms with Gasteiger partial charge in [-0.15, -0.1) is 0 Å². The van der Waals surface area contributed by atoms with Crippen molar-refractivity contribution in [3.8, 4) is 0 Å². The lowest BCUT2D eigenvalue weighted by molar-refractivity contribution is 0.177. The van der Waals surface area contributed by atoms with Crippen LogP contribution in [-0.4, -0.2) is 10.1 Å². The lowest BCUT2D eigenvalue weighted by Gasteiger charge is -2.13. The van der Waals surface area contributed by atoms with E-state index in [0.717, 1.165) is 27.7 Å². The molecular formula is C18H16ClNO. The highest BCUT2D eigenvalue weighted by Crippen LogP contribution is 2.26. The van der Waals surface area contributed by atoms with Crippen molar-refractivity contribution < 1.29 is 5.11 Å². The van der Waals surface area contributed by atoms with Gasteiger partial charge in [-0.25, -0.2) is 0 Å². The molecule has 1 N–H and O–H groups in total. The fourth-order valence-electron chi connectivity index (χ4n) is 2.43. The second-order valence-electron chi connectivity index (χ2n) is 5.24. The maximum atomic E-state index is 10.4. The van der Waals surface area contributed by atoms with E-state index in [9.17, 15) is 5.11 Å². The Hall–Kier alpha value is -1.90. The Balaban J connectivity index is 1.87. The van der Waals surface area contributed by atoms with E-state index in [1.165, 1.54) is 0 Å². The van der Waals surface area contributed by atoms with Crippen LogP contribution in [0.2, 0.25) is 5.02 Å². The van der Waals surface area contributed by atoms with Gasteiger partial charge < -0.3 is 5.11 Å². The number of rotatable bonds is 3. The zero-order chi connectivity index (χ0) is 14.8. The van der Waals surface area contributed by atoms with E-state index in [2.05, 4.69) is 4.98 Å². The molecule has 0 saturated carbocycles. The first-order valence-electron chi connectivity index (χ1n) is 6.92. The van der Waals surface area contributed by atoms with E-state index in [4.69, 9.17) is 11.6 Å². The van der Waals surface area contributed by atoms with E-state index in [1.807, 2.05) is 61.5 Å². The van der Waals surface area contributed by atoms with Crippen molar-refractivity contribution in [2.75, 3.05) is 0 Å². The number of aliphatic hydroxyl groups is 1. The molecule has 1 atom stereocenters. The zero-order valence-electron chi connectivity index (χ0n) is 11.8. The molecule has 2 nitrogen and oxygen atoms in total. The number of halogens is 1. The van der Waals surface area contributed by atoms with Crippen LogP contribution in [0.15, 0.2) is 54.6 Å². The summed E-state index contributed by atoms with van der Waals surface area (Å²) in [6.07, 6.45) is -0.195. The molecule has 3 heteroatoms. The largest absolute Gasteiger partial charge is 0.388 e. The normalized spacial score (nSPS) is 12.5. The summed E-state index contributed by atoms with van der Waals surface area (Å²) in [6.45, 7) is 1.98. The minimum atomic E-state index is -0.647. The predicted molar refractivity (Wildman–Crippen MR) is 86.6 cm³/mol. The van der Waals surface area contributed by atoms with Crippen LogP contribution in [0.1, 0.15) is 22.9 Å². The monoisotopic (exact) mass is 297 g/mol. The molecule has 21 heavy (non-hydrogen) atoms. The molecule has 0 aliphatic carbocycles. The number of aryl methyl sites for hydroxylation is 1. The van der Waals surface area contributed by atoms with Crippen LogP contribution < -0.4 is 0 Å². The number of fused-ring (bicyclic) bond motifs is 1. The highest BCUT2D eigenvalue weighted by molar-refractivity contribution is 6.31. The first-order chi connectivity index (χ1) is 10.1. The third-order valence-corrected chi connectivity index (χ3v) is 3.90. The molecule has 1 heterocycles. The van der Waals surface area contributed by atoms with Crippen LogP contribution >= 0.6 is 11.6 Å². The van der Waals surface area contributed by atoms with Crippen molar-refractivity contribution in [1.29, 1.82) is 0 Å². The Morgan fingerprint density at radius 2 is 1.90 bits per heavy atom.